The lowest BCUT2D eigenvalue weighted by Gasteiger charge is -2.27. The van der Waals surface area contributed by atoms with Crippen molar-refractivity contribution in [2.75, 3.05) is 10.2 Å². The quantitative estimate of drug-likeness (QED) is 0.623. The van der Waals surface area contributed by atoms with Gasteiger partial charge in [-0.05, 0) is 49.6 Å². The third-order valence-electron chi connectivity index (χ3n) is 5.43. The van der Waals surface area contributed by atoms with Crippen molar-refractivity contribution in [3.8, 4) is 5.69 Å². The number of hydrogen-bond donors (Lipinski definition) is 1. The van der Waals surface area contributed by atoms with Crippen molar-refractivity contribution in [3.63, 3.8) is 0 Å². The van der Waals surface area contributed by atoms with Crippen LogP contribution >= 0.6 is 11.6 Å². The summed E-state index contributed by atoms with van der Waals surface area (Å²) < 4.78 is 1.94. The van der Waals surface area contributed by atoms with Gasteiger partial charge in [-0.3, -0.25) is 9.69 Å². The first-order valence-electron chi connectivity index (χ1n) is 10.1. The van der Waals surface area contributed by atoms with Crippen LogP contribution in [0.1, 0.15) is 45.3 Å². The van der Waals surface area contributed by atoms with E-state index in [1.165, 1.54) is 0 Å². The van der Waals surface area contributed by atoms with Crippen molar-refractivity contribution >= 4 is 29.3 Å². The standard InChI is InChI=1S/C22H25ClN6O/c1-14(2)19-8-9-21(30)29(19)20-10-11-24-22(27-20)26-15(3)18-12-28(13-25-18)17-6-4-16(23)5-7-17/h4-7,10-15,19H,8-9H2,1-3H3,(H,24,26,27)/t15-,19-/m1/s1. The van der Waals surface area contributed by atoms with Crippen LogP contribution in [0.25, 0.3) is 5.69 Å². The number of rotatable bonds is 6. The molecule has 1 aliphatic heterocycles. The average molecular weight is 425 g/mol. The molecule has 1 aromatic carbocycles. The molecule has 7 nitrogen and oxygen atoms in total. The van der Waals surface area contributed by atoms with Crippen LogP contribution in [0.2, 0.25) is 5.02 Å². The maximum Gasteiger partial charge on any atom is 0.228 e. The molecule has 1 fully saturated rings. The number of amides is 1. The number of carbonyl (C=O) groups excluding carboxylic acids is 1. The van der Waals surface area contributed by atoms with E-state index in [1.807, 2.05) is 46.9 Å². The van der Waals surface area contributed by atoms with Gasteiger partial charge < -0.3 is 9.88 Å². The molecule has 4 rings (SSSR count). The Hall–Kier alpha value is -2.93. The number of anilines is 2. The minimum Gasteiger partial charge on any atom is -0.346 e. The number of imidazole rings is 1. The molecule has 0 radical (unpaired) electrons. The van der Waals surface area contributed by atoms with E-state index >= 15 is 0 Å². The molecule has 1 amide bonds. The average Bonchev–Trinajstić information content (AvgIpc) is 3.36. The van der Waals surface area contributed by atoms with Gasteiger partial charge in [-0.2, -0.15) is 4.98 Å². The highest BCUT2D eigenvalue weighted by molar-refractivity contribution is 6.30. The van der Waals surface area contributed by atoms with Crippen molar-refractivity contribution < 1.29 is 4.79 Å². The highest BCUT2D eigenvalue weighted by atomic mass is 35.5. The largest absolute Gasteiger partial charge is 0.346 e. The van der Waals surface area contributed by atoms with E-state index in [-0.39, 0.29) is 18.0 Å². The normalized spacial score (nSPS) is 17.6. The highest BCUT2D eigenvalue weighted by Gasteiger charge is 2.35. The van der Waals surface area contributed by atoms with Crippen LogP contribution in [-0.4, -0.2) is 31.5 Å². The predicted octanol–water partition coefficient (Wildman–Crippen LogP) is 4.64. The second kappa shape index (κ2) is 8.44. The Balaban J connectivity index is 1.50. The van der Waals surface area contributed by atoms with Crippen LogP contribution in [0, 0.1) is 5.92 Å². The Morgan fingerprint density at radius 1 is 1.13 bits per heavy atom. The van der Waals surface area contributed by atoms with Gasteiger partial charge >= 0.3 is 0 Å². The summed E-state index contributed by atoms with van der Waals surface area (Å²) in [5.41, 5.74) is 1.84. The Labute approximate surface area is 181 Å². The summed E-state index contributed by atoms with van der Waals surface area (Å²) in [6.07, 6.45) is 6.84. The fourth-order valence-electron chi connectivity index (χ4n) is 3.77. The highest BCUT2D eigenvalue weighted by Crippen LogP contribution is 2.30. The van der Waals surface area contributed by atoms with Gasteiger partial charge in [-0.15, -0.1) is 0 Å². The summed E-state index contributed by atoms with van der Waals surface area (Å²) in [6.45, 7) is 6.27. The van der Waals surface area contributed by atoms with E-state index in [0.717, 1.165) is 17.8 Å². The predicted molar refractivity (Wildman–Crippen MR) is 118 cm³/mol. The number of aromatic nitrogens is 4. The van der Waals surface area contributed by atoms with Gasteiger partial charge in [0.2, 0.25) is 11.9 Å². The molecule has 0 unspecified atom stereocenters. The number of nitrogens with one attached hydrogen (secondary N) is 1. The second-order valence-corrected chi connectivity index (χ2v) is 8.34. The lowest BCUT2D eigenvalue weighted by molar-refractivity contribution is -0.117. The molecule has 156 valence electrons. The Kier molecular flexibility index (Phi) is 5.72. The van der Waals surface area contributed by atoms with Gasteiger partial charge in [0, 0.05) is 35.6 Å². The number of carbonyl (C=O) groups is 1. The van der Waals surface area contributed by atoms with Gasteiger partial charge in [-0.1, -0.05) is 25.4 Å². The lowest BCUT2D eigenvalue weighted by atomic mass is 10.0. The summed E-state index contributed by atoms with van der Waals surface area (Å²) in [6, 6.07) is 9.44. The molecule has 3 aromatic rings. The molecule has 8 heteroatoms. The smallest absolute Gasteiger partial charge is 0.228 e. The van der Waals surface area contributed by atoms with E-state index in [2.05, 4.69) is 34.1 Å². The van der Waals surface area contributed by atoms with Crippen molar-refractivity contribution in [2.45, 2.75) is 45.7 Å². The zero-order valence-corrected chi connectivity index (χ0v) is 18.0. The van der Waals surface area contributed by atoms with Crippen molar-refractivity contribution in [1.29, 1.82) is 0 Å². The molecule has 2 aromatic heterocycles. The Morgan fingerprint density at radius 3 is 2.63 bits per heavy atom. The van der Waals surface area contributed by atoms with Crippen LogP contribution in [-0.2, 0) is 4.79 Å². The van der Waals surface area contributed by atoms with Gasteiger partial charge in [-0.25, -0.2) is 9.97 Å². The number of hydrogen-bond acceptors (Lipinski definition) is 5. The fraction of sp³-hybridized carbons (Fsp3) is 0.364. The first-order chi connectivity index (χ1) is 14.4. The summed E-state index contributed by atoms with van der Waals surface area (Å²) in [4.78, 5) is 27.7. The molecular formula is C22H25ClN6O. The summed E-state index contributed by atoms with van der Waals surface area (Å²) >= 11 is 5.97. The summed E-state index contributed by atoms with van der Waals surface area (Å²) in [5, 5.41) is 3.99. The Morgan fingerprint density at radius 2 is 1.90 bits per heavy atom. The Bertz CT molecular complexity index is 1030. The van der Waals surface area contributed by atoms with E-state index < -0.39 is 0 Å². The number of halogens is 1. The first-order valence-corrected chi connectivity index (χ1v) is 10.5. The van der Waals surface area contributed by atoms with Gasteiger partial charge in [0.1, 0.15) is 5.82 Å². The topological polar surface area (TPSA) is 75.9 Å². The molecule has 2 atom stereocenters. The minimum atomic E-state index is -0.107. The molecule has 1 saturated heterocycles. The van der Waals surface area contributed by atoms with E-state index in [1.54, 1.807) is 18.6 Å². The zero-order chi connectivity index (χ0) is 21.3. The molecule has 1 N–H and O–H groups in total. The third kappa shape index (κ3) is 4.16. The zero-order valence-electron chi connectivity index (χ0n) is 17.3. The monoisotopic (exact) mass is 424 g/mol. The number of nitrogens with zero attached hydrogens (tertiary/aromatic N) is 5. The number of benzene rings is 1. The molecule has 1 aliphatic rings. The minimum absolute atomic E-state index is 0.107. The molecule has 0 spiro atoms. The third-order valence-corrected chi connectivity index (χ3v) is 5.68. The van der Waals surface area contributed by atoms with Crippen molar-refractivity contribution in [3.05, 3.63) is 59.8 Å². The second-order valence-electron chi connectivity index (χ2n) is 7.90. The van der Waals surface area contributed by atoms with Gasteiger partial charge in [0.25, 0.3) is 0 Å². The first kappa shape index (κ1) is 20.3. The molecule has 0 aliphatic carbocycles. The summed E-state index contributed by atoms with van der Waals surface area (Å²) in [7, 11) is 0. The van der Waals surface area contributed by atoms with Crippen LogP contribution in [0.15, 0.2) is 49.1 Å². The molecule has 3 heterocycles. The SMILES string of the molecule is CC(C)[C@H]1CCC(=O)N1c1ccnc(N[C@H](C)c2cn(-c3ccc(Cl)cc3)cn2)n1. The van der Waals surface area contributed by atoms with Crippen molar-refractivity contribution in [1.82, 2.24) is 19.5 Å². The fourth-order valence-corrected chi connectivity index (χ4v) is 3.90. The van der Waals surface area contributed by atoms with Crippen LogP contribution < -0.4 is 10.2 Å². The van der Waals surface area contributed by atoms with E-state index in [9.17, 15) is 4.79 Å². The lowest BCUT2D eigenvalue weighted by Crippen LogP contribution is -2.37. The van der Waals surface area contributed by atoms with Crippen LogP contribution in [0.4, 0.5) is 11.8 Å². The summed E-state index contributed by atoms with van der Waals surface area (Å²) in [5.74, 6) is 1.61. The van der Waals surface area contributed by atoms with Crippen molar-refractivity contribution in [2.24, 2.45) is 5.92 Å². The van der Waals surface area contributed by atoms with E-state index in [0.29, 0.717) is 29.1 Å². The van der Waals surface area contributed by atoms with Gasteiger partial charge in [0.05, 0.1) is 18.1 Å². The molecule has 30 heavy (non-hydrogen) atoms. The molecular weight excluding hydrogens is 400 g/mol. The van der Waals surface area contributed by atoms with E-state index in [4.69, 9.17) is 11.6 Å². The van der Waals surface area contributed by atoms with Gasteiger partial charge in [0.15, 0.2) is 0 Å². The molecule has 0 bridgehead atoms. The van der Waals surface area contributed by atoms with Crippen LogP contribution in [0.3, 0.4) is 0 Å². The maximum absolute atomic E-state index is 12.4. The molecule has 0 saturated carbocycles. The maximum atomic E-state index is 12.4. The van der Waals surface area contributed by atoms with Crippen LogP contribution in [0.5, 0.6) is 0 Å².